The number of carbonyl (C=O) groups is 1. The monoisotopic (exact) mass is 382 g/mol. The van der Waals surface area contributed by atoms with Crippen molar-refractivity contribution in [1.82, 2.24) is 14.3 Å². The van der Waals surface area contributed by atoms with Gasteiger partial charge in [0, 0.05) is 24.0 Å². The van der Waals surface area contributed by atoms with Crippen LogP contribution in [0, 0.1) is 13.8 Å². The minimum Gasteiger partial charge on any atom is -0.328 e. The van der Waals surface area contributed by atoms with E-state index in [2.05, 4.69) is 22.2 Å². The van der Waals surface area contributed by atoms with Crippen LogP contribution in [0.1, 0.15) is 27.3 Å². The lowest BCUT2D eigenvalue weighted by molar-refractivity contribution is 0.0997. The van der Waals surface area contributed by atoms with Crippen LogP contribution in [0.25, 0.3) is 5.69 Å². The second-order valence-corrected chi connectivity index (χ2v) is 6.98. The Bertz CT molecular complexity index is 1200. The molecule has 0 bridgehead atoms. The van der Waals surface area contributed by atoms with Crippen molar-refractivity contribution in [2.75, 3.05) is 0 Å². The zero-order valence-corrected chi connectivity index (χ0v) is 16.5. The highest BCUT2D eigenvalue weighted by Gasteiger charge is 2.07. The minimum atomic E-state index is -0.266. The fraction of sp³-hybridized carbons (Fsp3) is 0.125. The van der Waals surface area contributed by atoms with Gasteiger partial charge in [0.05, 0.1) is 11.4 Å². The predicted octanol–water partition coefficient (Wildman–Crippen LogP) is 4.08. The SMILES string of the molecule is Cc1cc(C)n(-c2ccc(C(=O)N=c3ccccn3Cc3ccccc3)cc2)n1. The van der Waals surface area contributed by atoms with Gasteiger partial charge < -0.3 is 4.57 Å². The van der Waals surface area contributed by atoms with E-state index in [1.165, 1.54) is 0 Å². The molecule has 5 heteroatoms. The Hall–Kier alpha value is -3.73. The van der Waals surface area contributed by atoms with Crippen LogP contribution >= 0.6 is 0 Å². The van der Waals surface area contributed by atoms with E-state index in [-0.39, 0.29) is 5.91 Å². The fourth-order valence-electron chi connectivity index (χ4n) is 3.29. The quantitative estimate of drug-likeness (QED) is 0.534. The van der Waals surface area contributed by atoms with Gasteiger partial charge in [0.2, 0.25) is 0 Å². The molecular weight excluding hydrogens is 360 g/mol. The molecule has 2 aromatic heterocycles. The number of amides is 1. The van der Waals surface area contributed by atoms with Crippen LogP contribution in [0.3, 0.4) is 0 Å². The molecule has 2 heterocycles. The number of benzene rings is 2. The van der Waals surface area contributed by atoms with Gasteiger partial charge in [0.1, 0.15) is 5.49 Å². The molecule has 0 N–H and O–H groups in total. The summed E-state index contributed by atoms with van der Waals surface area (Å²) < 4.78 is 3.84. The first-order valence-corrected chi connectivity index (χ1v) is 9.52. The zero-order valence-electron chi connectivity index (χ0n) is 16.5. The van der Waals surface area contributed by atoms with Crippen molar-refractivity contribution in [3.05, 3.63) is 113 Å². The first-order valence-electron chi connectivity index (χ1n) is 9.52. The van der Waals surface area contributed by atoms with Crippen molar-refractivity contribution in [3.8, 4) is 5.69 Å². The molecular formula is C24H22N4O. The third-order valence-corrected chi connectivity index (χ3v) is 4.70. The number of rotatable bonds is 4. The minimum absolute atomic E-state index is 0.266. The van der Waals surface area contributed by atoms with E-state index in [9.17, 15) is 4.79 Å². The lowest BCUT2D eigenvalue weighted by Crippen LogP contribution is -2.22. The Kier molecular flexibility index (Phi) is 5.20. The molecule has 0 radical (unpaired) electrons. The Labute approximate surface area is 169 Å². The average molecular weight is 382 g/mol. The predicted molar refractivity (Wildman–Crippen MR) is 113 cm³/mol. The topological polar surface area (TPSA) is 52.2 Å². The summed E-state index contributed by atoms with van der Waals surface area (Å²) in [4.78, 5) is 17.1. The van der Waals surface area contributed by atoms with Crippen LogP contribution in [0.5, 0.6) is 0 Å². The van der Waals surface area contributed by atoms with E-state index in [4.69, 9.17) is 0 Å². The molecule has 5 nitrogen and oxygen atoms in total. The highest BCUT2D eigenvalue weighted by Crippen LogP contribution is 2.13. The molecule has 0 unspecified atom stereocenters. The van der Waals surface area contributed by atoms with Gasteiger partial charge in [-0.1, -0.05) is 36.4 Å². The van der Waals surface area contributed by atoms with Crippen molar-refractivity contribution >= 4 is 5.91 Å². The Morgan fingerprint density at radius 3 is 2.34 bits per heavy atom. The Balaban J connectivity index is 1.61. The molecule has 4 aromatic rings. The molecule has 2 aromatic carbocycles. The molecule has 1 amide bonds. The molecule has 0 fully saturated rings. The highest BCUT2D eigenvalue weighted by molar-refractivity contribution is 5.95. The molecule has 0 aliphatic rings. The number of carbonyl (C=O) groups excluding carboxylic acids is 1. The standard InChI is InChI=1S/C24H22N4O/c1-18-16-19(2)28(26-18)22-13-11-21(12-14-22)24(29)25-23-10-6-7-15-27(23)17-20-8-4-3-5-9-20/h3-16H,17H2,1-2H3. The molecule has 0 aliphatic carbocycles. The van der Waals surface area contributed by atoms with Gasteiger partial charge in [-0.2, -0.15) is 10.1 Å². The van der Waals surface area contributed by atoms with Crippen LogP contribution in [-0.4, -0.2) is 20.3 Å². The summed E-state index contributed by atoms with van der Waals surface area (Å²) in [5.41, 5.74) is 5.27. The molecule has 4 rings (SSSR count). The third-order valence-electron chi connectivity index (χ3n) is 4.70. The first-order chi connectivity index (χ1) is 14.1. The molecule has 0 spiro atoms. The Morgan fingerprint density at radius 2 is 1.66 bits per heavy atom. The maximum absolute atomic E-state index is 12.7. The number of pyridine rings is 1. The normalized spacial score (nSPS) is 11.6. The van der Waals surface area contributed by atoms with E-state index in [1.807, 2.05) is 83.9 Å². The summed E-state index contributed by atoms with van der Waals surface area (Å²) in [5.74, 6) is -0.266. The Morgan fingerprint density at radius 1 is 0.931 bits per heavy atom. The van der Waals surface area contributed by atoms with Crippen LogP contribution in [0.4, 0.5) is 0 Å². The number of nitrogens with zero attached hydrogens (tertiary/aromatic N) is 4. The molecule has 144 valence electrons. The third kappa shape index (κ3) is 4.24. The van der Waals surface area contributed by atoms with Gasteiger partial charge in [-0.3, -0.25) is 4.79 Å². The van der Waals surface area contributed by atoms with Crippen LogP contribution in [0.15, 0.2) is 90.1 Å². The summed E-state index contributed by atoms with van der Waals surface area (Å²) >= 11 is 0. The van der Waals surface area contributed by atoms with E-state index >= 15 is 0 Å². The summed E-state index contributed by atoms with van der Waals surface area (Å²) in [5, 5.41) is 4.48. The van der Waals surface area contributed by atoms with Crippen molar-refractivity contribution in [2.45, 2.75) is 20.4 Å². The summed E-state index contributed by atoms with van der Waals surface area (Å²) in [6, 6.07) is 25.2. The second kappa shape index (κ2) is 8.10. The molecule has 0 aliphatic heterocycles. The van der Waals surface area contributed by atoms with Gasteiger partial charge in [-0.15, -0.1) is 0 Å². The van der Waals surface area contributed by atoms with E-state index < -0.39 is 0 Å². The van der Waals surface area contributed by atoms with Gasteiger partial charge >= 0.3 is 0 Å². The van der Waals surface area contributed by atoms with Gasteiger partial charge in [0.25, 0.3) is 5.91 Å². The maximum atomic E-state index is 12.7. The maximum Gasteiger partial charge on any atom is 0.278 e. The number of aryl methyl sites for hydroxylation is 2. The number of hydrogen-bond donors (Lipinski definition) is 0. The van der Waals surface area contributed by atoms with E-state index in [1.54, 1.807) is 12.1 Å². The lowest BCUT2D eigenvalue weighted by atomic mass is 10.2. The smallest absolute Gasteiger partial charge is 0.278 e. The number of aromatic nitrogens is 3. The summed E-state index contributed by atoms with van der Waals surface area (Å²) in [6.45, 7) is 4.63. The van der Waals surface area contributed by atoms with Crippen molar-refractivity contribution in [3.63, 3.8) is 0 Å². The number of hydrogen-bond acceptors (Lipinski definition) is 2. The summed E-state index contributed by atoms with van der Waals surface area (Å²) in [6.07, 6.45) is 1.94. The average Bonchev–Trinajstić information content (AvgIpc) is 3.08. The summed E-state index contributed by atoms with van der Waals surface area (Å²) in [7, 11) is 0. The van der Waals surface area contributed by atoms with E-state index in [0.29, 0.717) is 17.6 Å². The first kappa shape index (κ1) is 18.6. The molecule has 0 saturated heterocycles. The van der Waals surface area contributed by atoms with Gasteiger partial charge in [-0.05, 0) is 61.9 Å². The van der Waals surface area contributed by atoms with E-state index in [0.717, 1.165) is 22.6 Å². The van der Waals surface area contributed by atoms with Crippen molar-refractivity contribution in [2.24, 2.45) is 4.99 Å². The van der Waals surface area contributed by atoms with Crippen molar-refractivity contribution < 1.29 is 4.79 Å². The second-order valence-electron chi connectivity index (χ2n) is 6.98. The van der Waals surface area contributed by atoms with Crippen LogP contribution < -0.4 is 5.49 Å². The van der Waals surface area contributed by atoms with Crippen LogP contribution in [-0.2, 0) is 6.54 Å². The molecule has 0 atom stereocenters. The largest absolute Gasteiger partial charge is 0.328 e. The lowest BCUT2D eigenvalue weighted by Gasteiger charge is -2.07. The molecule has 29 heavy (non-hydrogen) atoms. The fourth-order valence-corrected chi connectivity index (χ4v) is 3.29. The zero-order chi connectivity index (χ0) is 20.2. The van der Waals surface area contributed by atoms with Crippen molar-refractivity contribution in [1.29, 1.82) is 0 Å². The van der Waals surface area contributed by atoms with Gasteiger partial charge in [0.15, 0.2) is 0 Å². The van der Waals surface area contributed by atoms with Crippen LogP contribution in [0.2, 0.25) is 0 Å². The molecule has 0 saturated carbocycles. The highest BCUT2D eigenvalue weighted by atomic mass is 16.1. The van der Waals surface area contributed by atoms with Gasteiger partial charge in [-0.25, -0.2) is 4.68 Å².